The average molecular weight is 160 g/mol. The molecule has 0 radical (unpaired) electrons. The van der Waals surface area contributed by atoms with Crippen molar-refractivity contribution in [3.8, 4) is 0 Å². The number of rotatable bonds is 2. The summed E-state index contributed by atoms with van der Waals surface area (Å²) in [6, 6.07) is 0. The molecule has 0 aromatic carbocycles. The molecule has 0 bridgehead atoms. The van der Waals surface area contributed by atoms with Gasteiger partial charge in [0.1, 0.15) is 0 Å². The maximum absolute atomic E-state index is 3.88. The van der Waals surface area contributed by atoms with Crippen LogP contribution in [0.2, 0.25) is 0 Å². The fraction of sp³-hybridized carbons (Fsp3) is 0. The molecule has 0 rings (SSSR count). The highest BCUT2D eigenvalue weighted by atomic mass is 33.7. The zero-order chi connectivity index (χ0) is 4.12. The predicted molar refractivity (Wildman–Crippen MR) is 41.7 cm³/mol. The SMILES string of the molecule is [SiH3]SSSS. The Morgan fingerprint density at radius 3 is 2.20 bits per heavy atom. The molecule has 32 valence electrons. The van der Waals surface area contributed by atoms with E-state index in [1.165, 1.54) is 19.2 Å². The molecule has 0 nitrogen and oxygen atoms in total. The minimum atomic E-state index is 1.21. The first-order valence-electron chi connectivity index (χ1n) is 0.924. The maximum atomic E-state index is 3.88. The highest BCUT2D eigenvalue weighted by molar-refractivity contribution is 9.26. The minimum absolute atomic E-state index is 1.21. The molecule has 0 heterocycles. The molecular formula is H4S4Si. The van der Waals surface area contributed by atoms with E-state index in [-0.39, 0.29) is 0 Å². The van der Waals surface area contributed by atoms with Crippen LogP contribution in [-0.4, -0.2) is 9.39 Å². The fourth-order valence-electron chi connectivity index (χ4n) is 0.0304. The molecule has 0 amide bonds. The van der Waals surface area contributed by atoms with E-state index < -0.39 is 0 Å². The van der Waals surface area contributed by atoms with Crippen molar-refractivity contribution < 1.29 is 0 Å². The van der Waals surface area contributed by atoms with E-state index in [0.29, 0.717) is 0 Å². The van der Waals surface area contributed by atoms with Crippen molar-refractivity contribution in [1.82, 2.24) is 0 Å². The normalized spacial score (nSPS) is 9.00. The Balaban J connectivity index is 2.19. The first-order valence-corrected chi connectivity index (χ1v) is 8.32. The summed E-state index contributed by atoms with van der Waals surface area (Å²) in [4.78, 5) is 0. The Morgan fingerprint density at radius 1 is 1.60 bits per heavy atom. The van der Waals surface area contributed by atoms with Gasteiger partial charge in [0, 0.05) is 0 Å². The van der Waals surface area contributed by atoms with Gasteiger partial charge in [0.25, 0.3) is 0 Å². The molecule has 0 fully saturated rings. The topological polar surface area (TPSA) is 0 Å². The summed E-state index contributed by atoms with van der Waals surface area (Å²) in [6.07, 6.45) is 0. The van der Waals surface area contributed by atoms with Crippen molar-refractivity contribution in [3.63, 3.8) is 0 Å². The van der Waals surface area contributed by atoms with E-state index in [0.717, 1.165) is 0 Å². The van der Waals surface area contributed by atoms with Gasteiger partial charge in [-0.05, 0) is 19.7 Å². The van der Waals surface area contributed by atoms with Crippen molar-refractivity contribution in [2.75, 3.05) is 0 Å². The quantitative estimate of drug-likeness (QED) is 0.366. The van der Waals surface area contributed by atoms with Gasteiger partial charge in [-0.25, -0.2) is 0 Å². The average Bonchev–Trinajstić information content (AvgIpc) is 1.41. The molecule has 0 atom stereocenters. The van der Waals surface area contributed by atoms with Crippen molar-refractivity contribution in [1.29, 1.82) is 0 Å². The summed E-state index contributed by atoms with van der Waals surface area (Å²) in [5.74, 6) is 0. The van der Waals surface area contributed by atoms with E-state index in [1.807, 2.05) is 10.2 Å². The third-order valence-electron chi connectivity index (χ3n) is 0.0985. The van der Waals surface area contributed by atoms with Crippen LogP contribution in [0.25, 0.3) is 0 Å². The summed E-state index contributed by atoms with van der Waals surface area (Å²) in [5.41, 5.74) is 0. The first kappa shape index (κ1) is 6.62. The molecule has 0 aromatic rings. The Bertz CT molecular complexity index is 11.1. The van der Waals surface area contributed by atoms with Crippen LogP contribution in [0, 0.1) is 0 Å². The molecule has 5 heavy (non-hydrogen) atoms. The Hall–Kier alpha value is 1.62. The van der Waals surface area contributed by atoms with E-state index in [2.05, 4.69) is 11.7 Å². The summed E-state index contributed by atoms with van der Waals surface area (Å²) in [7, 11) is 6.28. The predicted octanol–water partition coefficient (Wildman–Crippen LogP) is 1.14. The van der Waals surface area contributed by atoms with Gasteiger partial charge in [-0.2, -0.15) is 0 Å². The number of thiol groups is 1. The van der Waals surface area contributed by atoms with Crippen molar-refractivity contribution >= 4 is 50.9 Å². The summed E-state index contributed by atoms with van der Waals surface area (Å²) < 4.78 is 0. The van der Waals surface area contributed by atoms with E-state index >= 15 is 0 Å². The second-order valence-corrected chi connectivity index (χ2v) is 8.35. The van der Waals surface area contributed by atoms with E-state index in [4.69, 9.17) is 0 Å². The second-order valence-electron chi connectivity index (χ2n) is 0.309. The van der Waals surface area contributed by atoms with Crippen LogP contribution < -0.4 is 0 Å². The molecule has 5 heteroatoms. The van der Waals surface area contributed by atoms with Crippen LogP contribution in [0.5, 0.6) is 0 Å². The lowest BCUT2D eigenvalue weighted by atomic mass is 27.8. The van der Waals surface area contributed by atoms with Crippen LogP contribution in [0.1, 0.15) is 0 Å². The molecule has 0 aromatic heterocycles. The Kier molecular flexibility index (Phi) is 7.43. The lowest BCUT2D eigenvalue weighted by Gasteiger charge is -1.78. The lowest BCUT2D eigenvalue weighted by molar-refractivity contribution is 5.21. The molecular weight excluding hydrogens is 156 g/mol. The van der Waals surface area contributed by atoms with Gasteiger partial charge in [0.2, 0.25) is 0 Å². The fourth-order valence-corrected chi connectivity index (χ4v) is 7.39. The molecule has 0 aliphatic rings. The van der Waals surface area contributed by atoms with Crippen molar-refractivity contribution in [2.24, 2.45) is 0 Å². The highest BCUT2D eigenvalue weighted by Gasteiger charge is 1.69. The van der Waals surface area contributed by atoms with Crippen molar-refractivity contribution in [3.05, 3.63) is 0 Å². The largest absolute Gasteiger partial charge is 0.121 e. The van der Waals surface area contributed by atoms with Crippen LogP contribution in [0.3, 0.4) is 0 Å². The maximum Gasteiger partial charge on any atom is 0.0846 e. The first-order chi connectivity index (χ1) is 2.41. The van der Waals surface area contributed by atoms with Crippen molar-refractivity contribution in [2.45, 2.75) is 0 Å². The molecule has 0 spiro atoms. The Labute approximate surface area is 50.9 Å². The summed E-state index contributed by atoms with van der Waals surface area (Å²) in [5, 5.41) is 0. The van der Waals surface area contributed by atoms with Crippen LogP contribution in [0.15, 0.2) is 0 Å². The molecule has 0 unspecified atom stereocenters. The van der Waals surface area contributed by atoms with Gasteiger partial charge in [0.05, 0.1) is 9.39 Å². The van der Waals surface area contributed by atoms with Crippen LogP contribution in [-0.2, 0) is 0 Å². The number of hydrogen-bond acceptors (Lipinski definition) is 4. The lowest BCUT2D eigenvalue weighted by Crippen LogP contribution is -1.28. The molecule has 0 saturated heterocycles. The molecule has 0 N–H and O–H groups in total. The van der Waals surface area contributed by atoms with E-state index in [1.54, 1.807) is 9.83 Å². The second kappa shape index (κ2) is 5.62. The smallest absolute Gasteiger partial charge is 0.0846 e. The number of hydrogen-bond donors (Lipinski definition) is 1. The molecule has 0 aliphatic heterocycles. The van der Waals surface area contributed by atoms with E-state index in [9.17, 15) is 0 Å². The zero-order valence-corrected chi connectivity index (χ0v) is 8.02. The zero-order valence-electron chi connectivity index (χ0n) is 2.67. The third kappa shape index (κ3) is 5.62. The van der Waals surface area contributed by atoms with Gasteiger partial charge in [-0.3, -0.25) is 0 Å². The van der Waals surface area contributed by atoms with Crippen LogP contribution >= 0.6 is 41.6 Å². The summed E-state index contributed by atoms with van der Waals surface area (Å²) >= 11 is 3.88. The van der Waals surface area contributed by atoms with Gasteiger partial charge < -0.3 is 0 Å². The molecule has 0 saturated carbocycles. The van der Waals surface area contributed by atoms with Gasteiger partial charge in [-0.15, -0.1) is 10.2 Å². The summed E-state index contributed by atoms with van der Waals surface area (Å²) in [6.45, 7) is 0. The molecule has 0 aliphatic carbocycles. The van der Waals surface area contributed by atoms with Crippen LogP contribution in [0.4, 0.5) is 0 Å². The standard InChI is InChI=1S/H4S4Si/c1-2-3-4-5/h1H,5H3. The monoisotopic (exact) mass is 160 g/mol. The van der Waals surface area contributed by atoms with Gasteiger partial charge in [0.15, 0.2) is 0 Å². The third-order valence-corrected chi connectivity index (χ3v) is 7.98. The van der Waals surface area contributed by atoms with Gasteiger partial charge in [-0.1, -0.05) is 11.7 Å². The Morgan fingerprint density at radius 2 is 2.20 bits per heavy atom. The highest BCUT2D eigenvalue weighted by Crippen LogP contribution is 2.33. The minimum Gasteiger partial charge on any atom is -0.121 e. The van der Waals surface area contributed by atoms with Gasteiger partial charge >= 0.3 is 0 Å².